The van der Waals surface area contributed by atoms with Gasteiger partial charge in [0.2, 0.25) is 17.7 Å². The van der Waals surface area contributed by atoms with Crippen LogP contribution in [0, 0.1) is 0 Å². The Morgan fingerprint density at radius 3 is 2.00 bits per heavy atom. The maximum atomic E-state index is 12.5. The number of hydrogen-bond acceptors (Lipinski definition) is 4. The van der Waals surface area contributed by atoms with Crippen LogP contribution in [0.4, 0.5) is 0 Å². The molecule has 0 aliphatic carbocycles. The predicted octanol–water partition coefficient (Wildman–Crippen LogP) is 0.787. The molecule has 3 amide bonds. The van der Waals surface area contributed by atoms with Gasteiger partial charge >= 0.3 is 0 Å². The summed E-state index contributed by atoms with van der Waals surface area (Å²) in [4.78, 5) is 44.5. The topological polar surface area (TPSA) is 64.2 Å². The molecule has 0 saturated carbocycles. The summed E-state index contributed by atoms with van der Waals surface area (Å²) in [6, 6.07) is 0.601. The van der Waals surface area contributed by atoms with Gasteiger partial charge in [0.05, 0.1) is 13.1 Å². The van der Waals surface area contributed by atoms with E-state index in [4.69, 9.17) is 0 Å². The van der Waals surface area contributed by atoms with Crippen molar-refractivity contribution in [2.75, 3.05) is 39.3 Å². The van der Waals surface area contributed by atoms with Crippen molar-refractivity contribution in [3.05, 3.63) is 0 Å². The number of nitrogens with zero attached hydrogens (tertiary/aromatic N) is 4. The van der Waals surface area contributed by atoms with E-state index in [1.54, 1.807) is 4.90 Å². The molecule has 0 N–H and O–H groups in total. The molecular weight excluding hydrogens is 332 g/mol. The van der Waals surface area contributed by atoms with Crippen molar-refractivity contribution >= 4 is 17.7 Å². The normalized spacial score (nSPS) is 21.1. The summed E-state index contributed by atoms with van der Waals surface area (Å²) in [6.07, 6.45) is 1.03. The van der Waals surface area contributed by atoms with E-state index in [1.165, 1.54) is 0 Å². The van der Waals surface area contributed by atoms with E-state index in [-0.39, 0.29) is 36.3 Å². The molecule has 7 nitrogen and oxygen atoms in total. The number of hydrogen-bond donors (Lipinski definition) is 0. The van der Waals surface area contributed by atoms with Crippen molar-refractivity contribution in [1.29, 1.82) is 0 Å². The second-order valence-electron chi connectivity index (χ2n) is 8.04. The first-order valence-corrected chi connectivity index (χ1v) is 9.81. The number of carbonyl (C=O) groups is 3. The van der Waals surface area contributed by atoms with Gasteiger partial charge in [-0.1, -0.05) is 0 Å². The van der Waals surface area contributed by atoms with Crippen LogP contribution in [-0.4, -0.2) is 94.7 Å². The molecule has 2 aliphatic rings. The highest BCUT2D eigenvalue weighted by Crippen LogP contribution is 2.15. The van der Waals surface area contributed by atoms with Crippen molar-refractivity contribution in [2.45, 2.75) is 65.6 Å². The summed E-state index contributed by atoms with van der Waals surface area (Å²) in [5.41, 5.74) is 0. The van der Waals surface area contributed by atoms with E-state index in [9.17, 15) is 14.4 Å². The van der Waals surface area contributed by atoms with Gasteiger partial charge in [0, 0.05) is 50.7 Å². The smallest absolute Gasteiger partial charge is 0.242 e. The first-order chi connectivity index (χ1) is 12.2. The fourth-order valence-electron chi connectivity index (χ4n) is 3.70. The van der Waals surface area contributed by atoms with Gasteiger partial charge in [0.25, 0.3) is 0 Å². The van der Waals surface area contributed by atoms with E-state index < -0.39 is 0 Å². The van der Waals surface area contributed by atoms with Crippen molar-refractivity contribution < 1.29 is 14.4 Å². The second kappa shape index (κ2) is 8.84. The minimum Gasteiger partial charge on any atom is -0.338 e. The van der Waals surface area contributed by atoms with Crippen LogP contribution in [0.3, 0.4) is 0 Å². The van der Waals surface area contributed by atoms with Crippen LogP contribution in [0.25, 0.3) is 0 Å². The summed E-state index contributed by atoms with van der Waals surface area (Å²) in [6.45, 7) is 13.6. The summed E-state index contributed by atoms with van der Waals surface area (Å²) < 4.78 is 0. The Morgan fingerprint density at radius 2 is 1.46 bits per heavy atom. The van der Waals surface area contributed by atoms with Gasteiger partial charge in [0.1, 0.15) is 0 Å². The molecule has 0 bridgehead atoms. The molecule has 0 radical (unpaired) electrons. The zero-order valence-electron chi connectivity index (χ0n) is 16.9. The van der Waals surface area contributed by atoms with E-state index in [0.717, 1.165) is 13.1 Å². The third-order valence-corrected chi connectivity index (χ3v) is 5.56. The minimum absolute atomic E-state index is 0.0156. The molecule has 2 fully saturated rings. The van der Waals surface area contributed by atoms with Crippen molar-refractivity contribution in [2.24, 2.45) is 0 Å². The lowest BCUT2D eigenvalue weighted by Gasteiger charge is -2.40. The van der Waals surface area contributed by atoms with Gasteiger partial charge in [-0.05, 0) is 41.0 Å². The Morgan fingerprint density at radius 1 is 0.846 bits per heavy atom. The predicted molar refractivity (Wildman–Crippen MR) is 101 cm³/mol. The lowest BCUT2D eigenvalue weighted by molar-refractivity contribution is -0.147. The van der Waals surface area contributed by atoms with Gasteiger partial charge in [-0.25, -0.2) is 0 Å². The van der Waals surface area contributed by atoms with Gasteiger partial charge in [0.15, 0.2) is 0 Å². The summed E-state index contributed by atoms with van der Waals surface area (Å²) in [5, 5.41) is 0. The molecule has 7 heteroatoms. The van der Waals surface area contributed by atoms with Crippen LogP contribution in [0.5, 0.6) is 0 Å². The van der Waals surface area contributed by atoms with Crippen molar-refractivity contribution in [1.82, 2.24) is 19.6 Å². The fourth-order valence-corrected chi connectivity index (χ4v) is 3.70. The first kappa shape index (κ1) is 20.7. The highest BCUT2D eigenvalue weighted by molar-refractivity contribution is 5.86. The quantitative estimate of drug-likeness (QED) is 0.697. The molecule has 148 valence electrons. The van der Waals surface area contributed by atoms with Crippen LogP contribution >= 0.6 is 0 Å². The molecule has 2 aliphatic heterocycles. The third-order valence-electron chi connectivity index (χ3n) is 5.56. The van der Waals surface area contributed by atoms with E-state index >= 15 is 0 Å². The largest absolute Gasteiger partial charge is 0.338 e. The van der Waals surface area contributed by atoms with Gasteiger partial charge < -0.3 is 14.7 Å². The Balaban J connectivity index is 1.79. The number of rotatable bonds is 6. The molecule has 1 atom stereocenters. The molecule has 0 aromatic heterocycles. The van der Waals surface area contributed by atoms with Gasteiger partial charge in [-0.2, -0.15) is 0 Å². The van der Waals surface area contributed by atoms with E-state index in [2.05, 4.69) is 18.7 Å². The minimum atomic E-state index is 0.0156. The Labute approximate surface area is 157 Å². The maximum Gasteiger partial charge on any atom is 0.242 e. The molecule has 0 aromatic carbocycles. The van der Waals surface area contributed by atoms with Crippen LogP contribution in [0.15, 0.2) is 0 Å². The molecular formula is C19H34N4O3. The summed E-state index contributed by atoms with van der Waals surface area (Å²) >= 11 is 0. The lowest BCUT2D eigenvalue weighted by Crippen LogP contribution is -2.55. The number of piperazine rings is 2. The highest BCUT2D eigenvalue weighted by Gasteiger charge is 2.31. The zero-order chi connectivity index (χ0) is 19.4. The van der Waals surface area contributed by atoms with E-state index in [0.29, 0.717) is 38.5 Å². The van der Waals surface area contributed by atoms with Crippen LogP contribution < -0.4 is 0 Å². The third kappa shape index (κ3) is 4.96. The highest BCUT2D eigenvalue weighted by atomic mass is 16.2. The SMILES string of the molecule is CC(C)N1CCN(C(C)CCC(=O)N2CCN(C(C)C)C(=O)C2)C(=O)C1. The van der Waals surface area contributed by atoms with Crippen LogP contribution in [-0.2, 0) is 14.4 Å². The van der Waals surface area contributed by atoms with Crippen LogP contribution in [0.1, 0.15) is 47.5 Å². The second-order valence-corrected chi connectivity index (χ2v) is 8.04. The summed E-state index contributed by atoms with van der Waals surface area (Å²) in [5.74, 6) is 0.181. The molecule has 2 rings (SSSR count). The monoisotopic (exact) mass is 366 g/mol. The molecule has 2 saturated heterocycles. The average molecular weight is 367 g/mol. The van der Waals surface area contributed by atoms with E-state index in [1.807, 2.05) is 30.6 Å². The number of carbonyl (C=O) groups excluding carboxylic acids is 3. The van der Waals surface area contributed by atoms with Gasteiger partial charge in [-0.15, -0.1) is 0 Å². The van der Waals surface area contributed by atoms with Crippen LogP contribution in [0.2, 0.25) is 0 Å². The standard InChI is InChI=1S/C19H34N4O3/c1-14(2)20-8-11-23(19(26)12-20)16(5)6-7-17(24)21-9-10-22(15(3)4)18(25)13-21/h14-16H,6-13H2,1-5H3. The van der Waals surface area contributed by atoms with Gasteiger partial charge in [-0.3, -0.25) is 19.3 Å². The molecule has 1 unspecified atom stereocenters. The summed E-state index contributed by atoms with van der Waals surface area (Å²) in [7, 11) is 0. The van der Waals surface area contributed by atoms with Crippen molar-refractivity contribution in [3.8, 4) is 0 Å². The molecule has 0 aromatic rings. The fraction of sp³-hybridized carbons (Fsp3) is 0.842. The molecule has 2 heterocycles. The Kier molecular flexibility index (Phi) is 7.03. The first-order valence-electron chi connectivity index (χ1n) is 9.81. The zero-order valence-corrected chi connectivity index (χ0v) is 16.9. The molecule has 0 spiro atoms. The lowest BCUT2D eigenvalue weighted by atomic mass is 10.1. The number of amides is 3. The maximum absolute atomic E-state index is 12.5. The Hall–Kier alpha value is -1.63. The van der Waals surface area contributed by atoms with Crippen molar-refractivity contribution in [3.63, 3.8) is 0 Å². The molecule has 26 heavy (non-hydrogen) atoms. The average Bonchev–Trinajstić information content (AvgIpc) is 2.58. The Bertz CT molecular complexity index is 535.